The smallest absolute Gasteiger partial charge is 0.271 e. The number of benzene rings is 1. The van der Waals surface area contributed by atoms with Gasteiger partial charge in [0.2, 0.25) is 0 Å². The van der Waals surface area contributed by atoms with E-state index in [0.29, 0.717) is 17.0 Å². The highest BCUT2D eigenvalue weighted by Gasteiger charge is 2.29. The number of nitrogens with zero attached hydrogens (tertiary/aromatic N) is 3. The standard InChI is InChI=1S/C21H24N4O4S/c1-11-23-17(19(22)27)18(29-11)13-8-16-15(9-14(13)21(2,3)28)24-20(30-16)25-6-4-12(10-26)5-7-25/h8-10,12,28H,4-7H2,1-3H3,(H2,22,27). The van der Waals surface area contributed by atoms with E-state index in [9.17, 15) is 14.7 Å². The van der Waals surface area contributed by atoms with Crippen LogP contribution < -0.4 is 10.6 Å². The van der Waals surface area contributed by atoms with E-state index in [1.54, 1.807) is 20.8 Å². The molecule has 2 aromatic heterocycles. The molecular weight excluding hydrogens is 404 g/mol. The number of nitrogens with two attached hydrogens (primary N) is 1. The summed E-state index contributed by atoms with van der Waals surface area (Å²) in [6.45, 7) is 6.54. The van der Waals surface area contributed by atoms with Gasteiger partial charge in [-0.05, 0) is 44.4 Å². The van der Waals surface area contributed by atoms with E-state index in [1.807, 2.05) is 12.1 Å². The molecule has 0 radical (unpaired) electrons. The van der Waals surface area contributed by atoms with E-state index in [4.69, 9.17) is 15.1 Å². The average molecular weight is 429 g/mol. The van der Waals surface area contributed by atoms with Crippen molar-refractivity contribution in [1.29, 1.82) is 0 Å². The molecule has 8 nitrogen and oxygen atoms in total. The molecule has 1 aromatic carbocycles. The normalized spacial score (nSPS) is 15.7. The number of oxazole rings is 1. The molecule has 0 saturated carbocycles. The molecule has 4 rings (SSSR count). The molecule has 0 bridgehead atoms. The minimum Gasteiger partial charge on any atom is -0.440 e. The van der Waals surface area contributed by atoms with Crippen LogP contribution in [0.1, 0.15) is 48.6 Å². The molecule has 0 atom stereocenters. The molecule has 158 valence electrons. The van der Waals surface area contributed by atoms with Gasteiger partial charge in [0.1, 0.15) is 6.29 Å². The Morgan fingerprint density at radius 1 is 1.33 bits per heavy atom. The number of piperidine rings is 1. The molecule has 1 aliphatic heterocycles. The molecule has 1 aliphatic rings. The van der Waals surface area contributed by atoms with E-state index in [-0.39, 0.29) is 17.4 Å². The monoisotopic (exact) mass is 428 g/mol. The van der Waals surface area contributed by atoms with Gasteiger partial charge in [0.05, 0.1) is 15.8 Å². The maximum absolute atomic E-state index is 11.9. The summed E-state index contributed by atoms with van der Waals surface area (Å²) < 4.78 is 6.61. The fourth-order valence-electron chi connectivity index (χ4n) is 3.79. The number of thiazole rings is 1. The summed E-state index contributed by atoms with van der Waals surface area (Å²) in [5.74, 6) is 0.00188. The summed E-state index contributed by atoms with van der Waals surface area (Å²) in [6.07, 6.45) is 2.67. The second kappa shape index (κ2) is 7.48. The Balaban J connectivity index is 1.83. The number of primary amides is 1. The number of hydrogen-bond acceptors (Lipinski definition) is 8. The van der Waals surface area contributed by atoms with Crippen molar-refractivity contribution in [3.63, 3.8) is 0 Å². The van der Waals surface area contributed by atoms with Gasteiger partial charge < -0.3 is 25.0 Å². The second-order valence-electron chi connectivity index (χ2n) is 8.16. The van der Waals surface area contributed by atoms with E-state index in [2.05, 4.69) is 9.88 Å². The molecule has 1 amide bonds. The molecule has 30 heavy (non-hydrogen) atoms. The Kier molecular flexibility index (Phi) is 5.11. The molecule has 3 N–H and O–H groups in total. The van der Waals surface area contributed by atoms with Crippen molar-refractivity contribution in [2.45, 2.75) is 39.2 Å². The van der Waals surface area contributed by atoms with Crippen molar-refractivity contribution in [1.82, 2.24) is 9.97 Å². The van der Waals surface area contributed by atoms with Gasteiger partial charge in [0.15, 0.2) is 22.5 Å². The minimum atomic E-state index is -1.20. The number of carbonyl (C=O) groups excluding carboxylic acids is 2. The number of hydrogen-bond donors (Lipinski definition) is 2. The van der Waals surface area contributed by atoms with E-state index in [0.717, 1.165) is 47.6 Å². The van der Waals surface area contributed by atoms with Crippen molar-refractivity contribution < 1.29 is 19.1 Å². The van der Waals surface area contributed by atoms with Crippen LogP contribution in [0.3, 0.4) is 0 Å². The minimum absolute atomic E-state index is 0.0398. The third kappa shape index (κ3) is 3.70. The number of anilines is 1. The summed E-state index contributed by atoms with van der Waals surface area (Å²) in [4.78, 5) is 34.0. The van der Waals surface area contributed by atoms with Crippen LogP contribution in [0.2, 0.25) is 0 Å². The van der Waals surface area contributed by atoms with Crippen LogP contribution in [0.15, 0.2) is 16.5 Å². The first-order valence-corrected chi connectivity index (χ1v) is 10.6. The first-order chi connectivity index (χ1) is 14.2. The lowest BCUT2D eigenvalue weighted by atomic mass is 9.91. The van der Waals surface area contributed by atoms with Gasteiger partial charge in [-0.3, -0.25) is 4.79 Å². The number of rotatable bonds is 5. The SMILES string of the molecule is Cc1nc(C(N)=O)c(-c2cc3sc(N4CCC(C=O)CC4)nc3cc2C(C)(C)O)o1. The van der Waals surface area contributed by atoms with Crippen molar-refractivity contribution in [2.75, 3.05) is 18.0 Å². The fourth-order valence-corrected chi connectivity index (χ4v) is 4.83. The van der Waals surface area contributed by atoms with Gasteiger partial charge >= 0.3 is 0 Å². The van der Waals surface area contributed by atoms with Gasteiger partial charge in [-0.2, -0.15) is 0 Å². The van der Waals surface area contributed by atoms with Crippen molar-refractivity contribution >= 4 is 38.9 Å². The Morgan fingerprint density at radius 3 is 2.63 bits per heavy atom. The number of aliphatic hydroxyl groups is 1. The predicted molar refractivity (Wildman–Crippen MR) is 115 cm³/mol. The lowest BCUT2D eigenvalue weighted by molar-refractivity contribution is -0.111. The number of fused-ring (bicyclic) bond motifs is 1. The maximum Gasteiger partial charge on any atom is 0.271 e. The third-order valence-corrected chi connectivity index (χ3v) is 6.47. The Morgan fingerprint density at radius 2 is 2.03 bits per heavy atom. The van der Waals surface area contributed by atoms with E-state index >= 15 is 0 Å². The van der Waals surface area contributed by atoms with Gasteiger partial charge in [0, 0.05) is 31.5 Å². The first kappa shape index (κ1) is 20.5. The predicted octanol–water partition coefficient (Wildman–Crippen LogP) is 3.00. The van der Waals surface area contributed by atoms with Crippen LogP contribution in [0.25, 0.3) is 21.5 Å². The molecule has 3 aromatic rings. The van der Waals surface area contributed by atoms with Crippen molar-refractivity contribution in [3.8, 4) is 11.3 Å². The molecule has 0 spiro atoms. The fraction of sp³-hybridized carbons (Fsp3) is 0.429. The van der Waals surface area contributed by atoms with Crippen LogP contribution in [-0.4, -0.2) is 40.4 Å². The van der Waals surface area contributed by atoms with Crippen molar-refractivity contribution in [3.05, 3.63) is 29.3 Å². The topological polar surface area (TPSA) is 123 Å². The molecule has 9 heteroatoms. The van der Waals surface area contributed by atoms with Gasteiger partial charge in [0.25, 0.3) is 5.91 Å². The Labute approximate surface area is 177 Å². The van der Waals surface area contributed by atoms with Crippen LogP contribution in [0, 0.1) is 12.8 Å². The van der Waals surface area contributed by atoms with Crippen LogP contribution in [-0.2, 0) is 10.4 Å². The maximum atomic E-state index is 11.9. The number of carbonyl (C=O) groups is 2. The Hall–Kier alpha value is -2.78. The first-order valence-electron chi connectivity index (χ1n) is 9.82. The third-order valence-electron chi connectivity index (χ3n) is 5.39. The quantitative estimate of drug-likeness (QED) is 0.599. The van der Waals surface area contributed by atoms with E-state index < -0.39 is 11.5 Å². The Bertz CT molecular complexity index is 1120. The van der Waals surface area contributed by atoms with Gasteiger partial charge in [-0.1, -0.05) is 11.3 Å². The largest absolute Gasteiger partial charge is 0.440 e. The van der Waals surface area contributed by atoms with Gasteiger partial charge in [-0.15, -0.1) is 0 Å². The second-order valence-corrected chi connectivity index (χ2v) is 9.17. The lowest BCUT2D eigenvalue weighted by Crippen LogP contribution is -2.33. The summed E-state index contributed by atoms with van der Waals surface area (Å²) in [5.41, 5.74) is 6.23. The zero-order chi connectivity index (χ0) is 21.6. The molecule has 1 saturated heterocycles. The van der Waals surface area contributed by atoms with Crippen LogP contribution in [0.5, 0.6) is 0 Å². The van der Waals surface area contributed by atoms with Gasteiger partial charge in [-0.25, -0.2) is 9.97 Å². The summed E-state index contributed by atoms with van der Waals surface area (Å²) in [6, 6.07) is 3.69. The highest BCUT2D eigenvalue weighted by atomic mass is 32.1. The number of aryl methyl sites for hydroxylation is 1. The highest BCUT2D eigenvalue weighted by molar-refractivity contribution is 7.22. The summed E-state index contributed by atoms with van der Waals surface area (Å²) >= 11 is 1.53. The molecule has 3 heterocycles. The molecule has 0 aliphatic carbocycles. The number of aromatic nitrogens is 2. The zero-order valence-corrected chi connectivity index (χ0v) is 18.0. The van der Waals surface area contributed by atoms with E-state index in [1.165, 1.54) is 11.3 Å². The summed E-state index contributed by atoms with van der Waals surface area (Å²) in [7, 11) is 0. The molecule has 1 fully saturated rings. The van der Waals surface area contributed by atoms with Crippen LogP contribution in [0.4, 0.5) is 5.13 Å². The molecular formula is C21H24N4O4S. The van der Waals surface area contributed by atoms with Crippen LogP contribution >= 0.6 is 11.3 Å². The highest BCUT2D eigenvalue weighted by Crippen LogP contribution is 2.40. The zero-order valence-electron chi connectivity index (χ0n) is 17.1. The van der Waals surface area contributed by atoms with Crippen molar-refractivity contribution in [2.24, 2.45) is 11.7 Å². The number of amides is 1. The molecule has 0 unspecified atom stereocenters. The number of aldehydes is 1. The lowest BCUT2D eigenvalue weighted by Gasteiger charge is -2.29. The summed E-state index contributed by atoms with van der Waals surface area (Å²) in [5, 5.41) is 11.7. The average Bonchev–Trinajstić information content (AvgIpc) is 3.29.